The standard InChI is InChI=1S/C40H24O2/c1-2-9-25(10-3-1)26-11-8-12-28(21-26)39-30-13-4-6-15-32(30)40(33-16-7-5-14-31(33)39)29-17-18-36-34(22-29)35-24-37-27(19-20-41-37)23-38(35)42-36/h1-24H. The van der Waals surface area contributed by atoms with Gasteiger partial charge in [0.1, 0.15) is 16.7 Å². The second-order valence-corrected chi connectivity index (χ2v) is 10.9. The van der Waals surface area contributed by atoms with Crippen LogP contribution in [0.4, 0.5) is 0 Å². The van der Waals surface area contributed by atoms with Gasteiger partial charge in [-0.25, -0.2) is 0 Å². The average Bonchev–Trinajstić information content (AvgIpc) is 3.66. The number of fused-ring (bicyclic) bond motifs is 6. The molecule has 7 aromatic carbocycles. The highest BCUT2D eigenvalue weighted by Gasteiger charge is 2.18. The summed E-state index contributed by atoms with van der Waals surface area (Å²) >= 11 is 0. The van der Waals surface area contributed by atoms with E-state index in [1.54, 1.807) is 6.26 Å². The number of rotatable bonds is 3. The predicted octanol–water partition coefficient (Wildman–Crippen LogP) is 11.6. The van der Waals surface area contributed by atoms with Crippen LogP contribution >= 0.6 is 0 Å². The maximum absolute atomic E-state index is 6.28. The van der Waals surface area contributed by atoms with Crippen molar-refractivity contribution in [2.45, 2.75) is 0 Å². The highest BCUT2D eigenvalue weighted by atomic mass is 16.3. The van der Waals surface area contributed by atoms with Gasteiger partial charge in [-0.1, -0.05) is 103 Å². The third-order valence-corrected chi connectivity index (χ3v) is 8.52. The number of hydrogen-bond donors (Lipinski definition) is 0. The third kappa shape index (κ3) is 3.45. The zero-order chi connectivity index (χ0) is 27.6. The van der Waals surface area contributed by atoms with Gasteiger partial charge >= 0.3 is 0 Å². The molecule has 0 N–H and O–H groups in total. The quantitative estimate of drug-likeness (QED) is 0.210. The Morgan fingerprint density at radius 2 is 0.929 bits per heavy atom. The van der Waals surface area contributed by atoms with E-state index in [-0.39, 0.29) is 0 Å². The first-order valence-electron chi connectivity index (χ1n) is 14.2. The van der Waals surface area contributed by atoms with E-state index < -0.39 is 0 Å². The molecule has 2 heterocycles. The van der Waals surface area contributed by atoms with Crippen molar-refractivity contribution in [1.82, 2.24) is 0 Å². The molecule has 0 spiro atoms. The zero-order valence-electron chi connectivity index (χ0n) is 22.7. The first-order valence-corrected chi connectivity index (χ1v) is 14.2. The first-order chi connectivity index (χ1) is 20.8. The summed E-state index contributed by atoms with van der Waals surface area (Å²) in [6.07, 6.45) is 1.73. The molecule has 0 aliphatic heterocycles. The Kier molecular flexibility index (Phi) is 4.93. The van der Waals surface area contributed by atoms with Crippen molar-refractivity contribution in [3.8, 4) is 33.4 Å². The van der Waals surface area contributed by atoms with E-state index in [0.717, 1.165) is 32.9 Å². The second-order valence-electron chi connectivity index (χ2n) is 10.9. The normalized spacial score (nSPS) is 11.8. The molecule has 2 heteroatoms. The SMILES string of the molecule is c1ccc(-c2cccc(-c3c4ccccc4c(-c4ccc5oc6cc7ccoc7cc6c5c4)c4ccccc34)c2)cc1. The van der Waals surface area contributed by atoms with Crippen LogP contribution in [0.15, 0.2) is 155 Å². The van der Waals surface area contributed by atoms with Crippen LogP contribution in [0, 0.1) is 0 Å². The highest BCUT2D eigenvalue weighted by Crippen LogP contribution is 2.45. The summed E-state index contributed by atoms with van der Waals surface area (Å²) in [6.45, 7) is 0. The van der Waals surface area contributed by atoms with Gasteiger partial charge in [-0.05, 0) is 91.3 Å². The van der Waals surface area contributed by atoms with Gasteiger partial charge in [-0.3, -0.25) is 0 Å². The van der Waals surface area contributed by atoms with Gasteiger partial charge in [0.2, 0.25) is 0 Å². The van der Waals surface area contributed by atoms with Crippen molar-refractivity contribution in [1.29, 1.82) is 0 Å². The molecule has 9 rings (SSSR count). The molecule has 2 nitrogen and oxygen atoms in total. The summed E-state index contributed by atoms with van der Waals surface area (Å²) in [5, 5.41) is 8.15. The summed E-state index contributed by atoms with van der Waals surface area (Å²) in [5.41, 5.74) is 9.94. The van der Waals surface area contributed by atoms with Crippen molar-refractivity contribution in [2.24, 2.45) is 0 Å². The zero-order valence-corrected chi connectivity index (χ0v) is 22.7. The monoisotopic (exact) mass is 536 g/mol. The van der Waals surface area contributed by atoms with Crippen molar-refractivity contribution in [2.75, 3.05) is 0 Å². The molecule has 0 saturated heterocycles. The Balaban J connectivity index is 1.33. The molecule has 0 radical (unpaired) electrons. The summed E-state index contributed by atoms with van der Waals surface area (Å²) in [4.78, 5) is 0. The van der Waals surface area contributed by atoms with Crippen LogP contribution in [-0.2, 0) is 0 Å². The van der Waals surface area contributed by atoms with Gasteiger partial charge in [0.15, 0.2) is 0 Å². The van der Waals surface area contributed by atoms with E-state index >= 15 is 0 Å². The summed E-state index contributed by atoms with van der Waals surface area (Å²) in [6, 6.07) is 49.8. The molecule has 0 aliphatic carbocycles. The van der Waals surface area contributed by atoms with Gasteiger partial charge < -0.3 is 8.83 Å². The van der Waals surface area contributed by atoms with Gasteiger partial charge in [0.05, 0.1) is 6.26 Å². The molecule has 0 saturated carbocycles. The Morgan fingerprint density at radius 1 is 0.333 bits per heavy atom. The van der Waals surface area contributed by atoms with Crippen LogP contribution in [0.3, 0.4) is 0 Å². The van der Waals surface area contributed by atoms with E-state index in [0.29, 0.717) is 0 Å². The van der Waals surface area contributed by atoms with Crippen LogP contribution in [-0.4, -0.2) is 0 Å². The molecular weight excluding hydrogens is 512 g/mol. The van der Waals surface area contributed by atoms with Crippen LogP contribution in [0.25, 0.3) is 87.8 Å². The largest absolute Gasteiger partial charge is 0.464 e. The summed E-state index contributed by atoms with van der Waals surface area (Å²) < 4.78 is 12.0. The average molecular weight is 537 g/mol. The molecule has 196 valence electrons. The molecule has 42 heavy (non-hydrogen) atoms. The smallest absolute Gasteiger partial charge is 0.136 e. The van der Waals surface area contributed by atoms with Crippen molar-refractivity contribution < 1.29 is 8.83 Å². The fraction of sp³-hybridized carbons (Fsp3) is 0. The van der Waals surface area contributed by atoms with Crippen LogP contribution in [0.2, 0.25) is 0 Å². The predicted molar refractivity (Wildman–Crippen MR) is 175 cm³/mol. The summed E-state index contributed by atoms with van der Waals surface area (Å²) in [7, 11) is 0. The molecule has 0 amide bonds. The van der Waals surface area contributed by atoms with Gasteiger partial charge in [-0.2, -0.15) is 0 Å². The Bertz CT molecular complexity index is 2400. The Morgan fingerprint density at radius 3 is 1.64 bits per heavy atom. The molecule has 0 atom stereocenters. The lowest BCUT2D eigenvalue weighted by Gasteiger charge is -2.18. The topological polar surface area (TPSA) is 26.3 Å². The lowest BCUT2D eigenvalue weighted by molar-refractivity contribution is 0.616. The van der Waals surface area contributed by atoms with E-state index in [2.05, 4.69) is 133 Å². The Labute approximate surface area is 242 Å². The van der Waals surface area contributed by atoms with Crippen LogP contribution < -0.4 is 0 Å². The minimum absolute atomic E-state index is 0.869. The van der Waals surface area contributed by atoms with Crippen molar-refractivity contribution >= 4 is 54.5 Å². The number of furan rings is 2. The van der Waals surface area contributed by atoms with Gasteiger partial charge in [-0.15, -0.1) is 0 Å². The van der Waals surface area contributed by atoms with Gasteiger partial charge in [0, 0.05) is 16.2 Å². The fourth-order valence-electron chi connectivity index (χ4n) is 6.62. The van der Waals surface area contributed by atoms with E-state index in [9.17, 15) is 0 Å². The maximum Gasteiger partial charge on any atom is 0.136 e. The van der Waals surface area contributed by atoms with Crippen molar-refractivity contribution in [3.05, 3.63) is 146 Å². The highest BCUT2D eigenvalue weighted by molar-refractivity contribution is 6.22. The van der Waals surface area contributed by atoms with Gasteiger partial charge in [0.25, 0.3) is 0 Å². The Hall–Kier alpha value is -5.60. The number of hydrogen-bond acceptors (Lipinski definition) is 2. The molecule has 0 bridgehead atoms. The van der Waals surface area contributed by atoms with E-state index in [1.165, 1.54) is 54.9 Å². The molecule has 2 aromatic heterocycles. The molecule has 9 aromatic rings. The van der Waals surface area contributed by atoms with Crippen LogP contribution in [0.1, 0.15) is 0 Å². The molecule has 0 fully saturated rings. The second kappa shape index (κ2) is 8.95. The third-order valence-electron chi connectivity index (χ3n) is 8.52. The van der Waals surface area contributed by atoms with E-state index in [4.69, 9.17) is 8.83 Å². The van der Waals surface area contributed by atoms with Crippen LogP contribution in [0.5, 0.6) is 0 Å². The van der Waals surface area contributed by atoms with E-state index in [1.807, 2.05) is 6.07 Å². The molecule has 0 aliphatic rings. The minimum Gasteiger partial charge on any atom is -0.464 e. The first kappa shape index (κ1) is 23.1. The maximum atomic E-state index is 6.28. The lowest BCUT2D eigenvalue weighted by Crippen LogP contribution is -1.91. The number of benzene rings is 7. The molecular formula is C40H24O2. The fourth-order valence-corrected chi connectivity index (χ4v) is 6.62. The summed E-state index contributed by atoms with van der Waals surface area (Å²) in [5.74, 6) is 0. The van der Waals surface area contributed by atoms with Crippen molar-refractivity contribution in [3.63, 3.8) is 0 Å². The molecule has 0 unspecified atom stereocenters. The minimum atomic E-state index is 0.869. The lowest BCUT2D eigenvalue weighted by atomic mass is 9.85.